The first-order valence-electron chi connectivity index (χ1n) is 8.81. The maximum atomic E-state index is 6.30. The Kier molecular flexibility index (Phi) is 4.54. The molecule has 0 spiro atoms. The van der Waals surface area contributed by atoms with E-state index in [2.05, 4.69) is 30.0 Å². The summed E-state index contributed by atoms with van der Waals surface area (Å²) in [4.78, 5) is 2.62. The van der Waals surface area contributed by atoms with Crippen LogP contribution in [0.15, 0.2) is 18.2 Å². The van der Waals surface area contributed by atoms with Crippen molar-refractivity contribution in [3.05, 3.63) is 29.3 Å². The molecule has 3 rings (SSSR count). The van der Waals surface area contributed by atoms with Gasteiger partial charge in [0.05, 0.1) is 0 Å². The van der Waals surface area contributed by atoms with E-state index in [1.54, 1.807) is 5.56 Å². The van der Waals surface area contributed by atoms with Gasteiger partial charge in [0.2, 0.25) is 0 Å². The van der Waals surface area contributed by atoms with E-state index in [1.807, 2.05) is 0 Å². The van der Waals surface area contributed by atoms with E-state index in [1.165, 1.54) is 75.7 Å². The molecule has 1 heterocycles. The van der Waals surface area contributed by atoms with Crippen molar-refractivity contribution < 1.29 is 0 Å². The van der Waals surface area contributed by atoms with Crippen LogP contribution in [0.25, 0.3) is 0 Å². The molecular weight excluding hydrogens is 256 g/mol. The molecule has 1 saturated carbocycles. The van der Waals surface area contributed by atoms with E-state index in [0.29, 0.717) is 0 Å². The van der Waals surface area contributed by atoms with Crippen molar-refractivity contribution in [2.75, 3.05) is 24.5 Å². The van der Waals surface area contributed by atoms with Crippen LogP contribution in [0.5, 0.6) is 0 Å². The Labute approximate surface area is 129 Å². The molecule has 2 fully saturated rings. The number of hydrogen-bond acceptors (Lipinski definition) is 2. The van der Waals surface area contributed by atoms with Gasteiger partial charge in [0, 0.05) is 30.7 Å². The zero-order valence-corrected chi connectivity index (χ0v) is 13.5. The van der Waals surface area contributed by atoms with Gasteiger partial charge < -0.3 is 10.6 Å². The van der Waals surface area contributed by atoms with E-state index in [-0.39, 0.29) is 5.41 Å². The molecule has 2 N–H and O–H groups in total. The van der Waals surface area contributed by atoms with Crippen LogP contribution >= 0.6 is 0 Å². The molecule has 2 heteroatoms. The summed E-state index contributed by atoms with van der Waals surface area (Å²) in [6.07, 6.45) is 10.7. The lowest BCUT2D eigenvalue weighted by Crippen LogP contribution is -2.40. The molecule has 0 unspecified atom stereocenters. The summed E-state index contributed by atoms with van der Waals surface area (Å²) in [5, 5.41) is 0. The third-order valence-corrected chi connectivity index (χ3v) is 5.62. The standard InChI is InChI=1S/C19H30N2/c1-16-8-9-18(21-12-6-3-7-13-21)17(14-16)19(15-20)10-4-2-5-11-19/h8-9,14H,2-7,10-13,15,20H2,1H3. The normalized spacial score (nSPS) is 22.3. The van der Waals surface area contributed by atoms with E-state index in [9.17, 15) is 0 Å². The van der Waals surface area contributed by atoms with Crippen molar-refractivity contribution in [3.8, 4) is 0 Å². The number of anilines is 1. The fourth-order valence-electron chi connectivity index (χ4n) is 4.30. The first kappa shape index (κ1) is 14.9. The monoisotopic (exact) mass is 286 g/mol. The number of benzene rings is 1. The Morgan fingerprint density at radius 2 is 1.67 bits per heavy atom. The number of rotatable bonds is 3. The van der Waals surface area contributed by atoms with Crippen LogP contribution in [0.2, 0.25) is 0 Å². The topological polar surface area (TPSA) is 29.3 Å². The zero-order chi connectivity index (χ0) is 14.7. The van der Waals surface area contributed by atoms with E-state index < -0.39 is 0 Å². The zero-order valence-electron chi connectivity index (χ0n) is 13.5. The molecule has 116 valence electrons. The maximum absolute atomic E-state index is 6.30. The molecule has 1 aromatic rings. The largest absolute Gasteiger partial charge is 0.371 e. The minimum absolute atomic E-state index is 0.233. The fourth-order valence-corrected chi connectivity index (χ4v) is 4.30. The molecule has 0 radical (unpaired) electrons. The summed E-state index contributed by atoms with van der Waals surface area (Å²) < 4.78 is 0. The van der Waals surface area contributed by atoms with E-state index in [4.69, 9.17) is 5.73 Å². The average Bonchev–Trinajstić information content (AvgIpc) is 2.56. The number of aryl methyl sites for hydroxylation is 1. The van der Waals surface area contributed by atoms with Gasteiger partial charge in [-0.05, 0) is 50.7 Å². The van der Waals surface area contributed by atoms with Gasteiger partial charge in [-0.2, -0.15) is 0 Å². The minimum atomic E-state index is 0.233. The van der Waals surface area contributed by atoms with Crippen molar-refractivity contribution in [3.63, 3.8) is 0 Å². The molecule has 1 saturated heterocycles. The van der Waals surface area contributed by atoms with Gasteiger partial charge in [-0.25, -0.2) is 0 Å². The number of piperidine rings is 1. The van der Waals surface area contributed by atoms with Crippen molar-refractivity contribution in [2.24, 2.45) is 5.73 Å². The SMILES string of the molecule is Cc1ccc(N2CCCCC2)c(C2(CN)CCCCC2)c1. The Balaban J connectivity index is 2.00. The molecule has 0 atom stereocenters. The van der Waals surface area contributed by atoms with Crippen molar-refractivity contribution in [2.45, 2.75) is 63.7 Å². The second-order valence-corrected chi connectivity index (χ2v) is 7.11. The Bertz CT molecular complexity index is 468. The highest BCUT2D eigenvalue weighted by Gasteiger charge is 2.35. The third kappa shape index (κ3) is 2.96. The van der Waals surface area contributed by atoms with Gasteiger partial charge >= 0.3 is 0 Å². The molecular formula is C19H30N2. The molecule has 1 aliphatic carbocycles. The number of nitrogens with two attached hydrogens (primary N) is 1. The Morgan fingerprint density at radius 3 is 2.33 bits per heavy atom. The first-order valence-corrected chi connectivity index (χ1v) is 8.81. The van der Waals surface area contributed by atoms with Gasteiger partial charge in [0.25, 0.3) is 0 Å². The highest BCUT2D eigenvalue weighted by Crippen LogP contribution is 2.43. The molecule has 1 aliphatic heterocycles. The molecule has 2 aliphatic rings. The molecule has 2 nitrogen and oxygen atoms in total. The average molecular weight is 286 g/mol. The lowest BCUT2D eigenvalue weighted by molar-refractivity contribution is 0.300. The number of nitrogens with zero attached hydrogens (tertiary/aromatic N) is 1. The summed E-state index contributed by atoms with van der Waals surface area (Å²) in [5.74, 6) is 0. The molecule has 0 bridgehead atoms. The predicted octanol–water partition coefficient (Wildman–Crippen LogP) is 4.15. The van der Waals surface area contributed by atoms with Crippen LogP contribution in [0.3, 0.4) is 0 Å². The highest BCUT2D eigenvalue weighted by molar-refractivity contribution is 5.59. The fraction of sp³-hybridized carbons (Fsp3) is 0.684. The van der Waals surface area contributed by atoms with Crippen molar-refractivity contribution in [1.29, 1.82) is 0 Å². The summed E-state index contributed by atoms with van der Waals surface area (Å²) in [7, 11) is 0. The maximum Gasteiger partial charge on any atom is 0.0405 e. The molecule has 21 heavy (non-hydrogen) atoms. The minimum Gasteiger partial charge on any atom is -0.371 e. The first-order chi connectivity index (χ1) is 10.2. The summed E-state index contributed by atoms with van der Waals surface area (Å²) in [6, 6.07) is 7.07. The van der Waals surface area contributed by atoms with E-state index in [0.717, 1.165) is 6.54 Å². The van der Waals surface area contributed by atoms with Gasteiger partial charge in [-0.1, -0.05) is 37.0 Å². The van der Waals surface area contributed by atoms with Crippen LogP contribution in [0.1, 0.15) is 62.5 Å². The third-order valence-electron chi connectivity index (χ3n) is 5.62. The Hall–Kier alpha value is -1.02. The smallest absolute Gasteiger partial charge is 0.0405 e. The molecule has 0 amide bonds. The van der Waals surface area contributed by atoms with Crippen LogP contribution in [0.4, 0.5) is 5.69 Å². The van der Waals surface area contributed by atoms with Crippen molar-refractivity contribution in [1.82, 2.24) is 0 Å². The van der Waals surface area contributed by atoms with Gasteiger partial charge in [0.15, 0.2) is 0 Å². The van der Waals surface area contributed by atoms with Crippen LogP contribution in [-0.2, 0) is 5.41 Å². The Morgan fingerprint density at radius 1 is 1.00 bits per heavy atom. The molecule has 1 aromatic carbocycles. The summed E-state index contributed by atoms with van der Waals surface area (Å²) in [5.41, 5.74) is 10.9. The lowest BCUT2D eigenvalue weighted by atomic mass is 9.68. The number of hydrogen-bond donors (Lipinski definition) is 1. The highest BCUT2D eigenvalue weighted by atomic mass is 15.1. The van der Waals surface area contributed by atoms with Crippen LogP contribution in [-0.4, -0.2) is 19.6 Å². The predicted molar refractivity (Wildman–Crippen MR) is 91.1 cm³/mol. The van der Waals surface area contributed by atoms with Crippen LogP contribution < -0.4 is 10.6 Å². The van der Waals surface area contributed by atoms with Gasteiger partial charge in [-0.15, -0.1) is 0 Å². The van der Waals surface area contributed by atoms with E-state index >= 15 is 0 Å². The summed E-state index contributed by atoms with van der Waals surface area (Å²) >= 11 is 0. The van der Waals surface area contributed by atoms with Crippen molar-refractivity contribution >= 4 is 5.69 Å². The molecule has 0 aromatic heterocycles. The van der Waals surface area contributed by atoms with Gasteiger partial charge in [0.1, 0.15) is 0 Å². The quantitative estimate of drug-likeness (QED) is 0.904. The second-order valence-electron chi connectivity index (χ2n) is 7.11. The lowest BCUT2D eigenvalue weighted by Gasteiger charge is -2.41. The van der Waals surface area contributed by atoms with Gasteiger partial charge in [-0.3, -0.25) is 0 Å². The summed E-state index contributed by atoms with van der Waals surface area (Å²) in [6.45, 7) is 5.46. The second kappa shape index (κ2) is 6.39. The van der Waals surface area contributed by atoms with Crippen LogP contribution in [0, 0.1) is 6.92 Å².